The van der Waals surface area contributed by atoms with Gasteiger partial charge in [-0.1, -0.05) is 11.6 Å². The zero-order valence-electron chi connectivity index (χ0n) is 21.3. The predicted molar refractivity (Wildman–Crippen MR) is 147 cm³/mol. The SMILES string of the molecule is Cc1cc(F)c2c(=O)n(-c3ccc(Cl)c4c(NS(C)(=O)=O)nn(C)c34)c([C@@H](N)Cc3cc(F)cc(F)c3)nc2c1. The summed E-state index contributed by atoms with van der Waals surface area (Å²) in [5.41, 5.74) is 6.82. The van der Waals surface area contributed by atoms with Crippen LogP contribution in [0.2, 0.25) is 5.02 Å². The lowest BCUT2D eigenvalue weighted by molar-refractivity contribution is 0.572. The minimum Gasteiger partial charge on any atom is -0.321 e. The topological polar surface area (TPSA) is 125 Å². The molecule has 3 aromatic carbocycles. The van der Waals surface area contributed by atoms with Crippen molar-refractivity contribution >= 4 is 49.2 Å². The molecule has 9 nitrogen and oxygen atoms in total. The number of nitrogens with zero attached hydrogens (tertiary/aromatic N) is 4. The summed E-state index contributed by atoms with van der Waals surface area (Å²) < 4.78 is 71.6. The molecule has 0 spiro atoms. The Morgan fingerprint density at radius 3 is 2.40 bits per heavy atom. The van der Waals surface area contributed by atoms with Crippen LogP contribution in [0.1, 0.15) is 23.0 Å². The molecule has 0 saturated heterocycles. The molecule has 0 aliphatic rings. The number of nitrogens with one attached hydrogen (secondary N) is 1. The molecule has 0 fully saturated rings. The van der Waals surface area contributed by atoms with Crippen LogP contribution < -0.4 is 16.0 Å². The first-order valence-electron chi connectivity index (χ1n) is 11.8. The van der Waals surface area contributed by atoms with Gasteiger partial charge in [-0.25, -0.2) is 26.6 Å². The van der Waals surface area contributed by atoms with Gasteiger partial charge in [0.25, 0.3) is 5.56 Å². The highest BCUT2D eigenvalue weighted by Gasteiger charge is 2.25. The molecule has 14 heteroatoms. The number of halogens is 4. The summed E-state index contributed by atoms with van der Waals surface area (Å²) in [5, 5.41) is 4.22. The Bertz CT molecular complexity index is 1990. The van der Waals surface area contributed by atoms with Gasteiger partial charge < -0.3 is 5.73 Å². The maximum atomic E-state index is 15.1. The Kier molecular flexibility index (Phi) is 6.84. The normalized spacial score (nSPS) is 12.8. The molecule has 2 heterocycles. The van der Waals surface area contributed by atoms with Crippen LogP contribution in [-0.4, -0.2) is 34.0 Å². The number of aryl methyl sites for hydroxylation is 2. The molecule has 208 valence electrons. The number of rotatable bonds is 6. The number of benzene rings is 3. The average molecular weight is 591 g/mol. The van der Waals surface area contributed by atoms with E-state index in [4.69, 9.17) is 17.3 Å². The second kappa shape index (κ2) is 9.91. The van der Waals surface area contributed by atoms with Gasteiger partial charge in [0.15, 0.2) is 5.82 Å². The summed E-state index contributed by atoms with van der Waals surface area (Å²) in [6.45, 7) is 1.64. The predicted octanol–water partition coefficient (Wildman–Crippen LogP) is 4.27. The van der Waals surface area contributed by atoms with Crippen molar-refractivity contribution in [2.75, 3.05) is 11.0 Å². The Balaban J connectivity index is 1.84. The highest BCUT2D eigenvalue weighted by atomic mass is 35.5. The quantitative estimate of drug-likeness (QED) is 0.304. The standard InChI is InChI=1S/C26H22ClF3N6O3S/c1-12-6-17(30)22-19(7-12)32-25(18(31)10-13-8-14(28)11-15(29)9-13)36(26(22)37)20-5-4-16(27)21-23(20)35(2)33-24(21)34-40(3,38)39/h4-9,11,18H,10,31H2,1-3H3,(H,33,34)/t18-/m0/s1. The van der Waals surface area contributed by atoms with Crippen LogP contribution in [0, 0.1) is 24.4 Å². The first-order valence-corrected chi connectivity index (χ1v) is 14.1. The molecular weight excluding hydrogens is 569 g/mol. The summed E-state index contributed by atoms with van der Waals surface area (Å²) >= 11 is 6.43. The van der Waals surface area contributed by atoms with Gasteiger partial charge in [0.1, 0.15) is 28.7 Å². The second-order valence-corrected chi connectivity index (χ2v) is 11.6. The van der Waals surface area contributed by atoms with Gasteiger partial charge in [-0.15, -0.1) is 0 Å². The third-order valence-electron chi connectivity index (χ3n) is 6.24. The zero-order valence-corrected chi connectivity index (χ0v) is 22.9. The lowest BCUT2D eigenvalue weighted by Crippen LogP contribution is -2.30. The second-order valence-electron chi connectivity index (χ2n) is 9.48. The molecule has 5 rings (SSSR count). The van der Waals surface area contributed by atoms with Crippen molar-refractivity contribution < 1.29 is 21.6 Å². The van der Waals surface area contributed by atoms with Crippen LogP contribution in [0.3, 0.4) is 0 Å². The minimum atomic E-state index is -3.76. The van der Waals surface area contributed by atoms with Crippen LogP contribution in [0.15, 0.2) is 47.3 Å². The van der Waals surface area contributed by atoms with E-state index in [0.29, 0.717) is 5.56 Å². The van der Waals surface area contributed by atoms with Gasteiger partial charge in [-0.2, -0.15) is 5.10 Å². The van der Waals surface area contributed by atoms with Gasteiger partial charge in [0.2, 0.25) is 10.0 Å². The fourth-order valence-corrected chi connectivity index (χ4v) is 5.49. The summed E-state index contributed by atoms with van der Waals surface area (Å²) in [7, 11) is -2.25. The fourth-order valence-electron chi connectivity index (χ4n) is 4.75. The van der Waals surface area contributed by atoms with E-state index in [1.54, 1.807) is 6.92 Å². The number of hydrogen-bond acceptors (Lipinski definition) is 6. The molecule has 40 heavy (non-hydrogen) atoms. The fraction of sp³-hybridized carbons (Fsp3) is 0.192. The van der Waals surface area contributed by atoms with Crippen molar-refractivity contribution in [3.05, 3.63) is 92.2 Å². The molecule has 0 aliphatic heterocycles. The molecule has 0 amide bonds. The van der Waals surface area contributed by atoms with E-state index in [2.05, 4.69) is 14.8 Å². The molecule has 1 atom stereocenters. The van der Waals surface area contributed by atoms with E-state index >= 15 is 4.39 Å². The summed E-state index contributed by atoms with van der Waals surface area (Å²) in [4.78, 5) is 18.5. The molecular formula is C26H22ClF3N6O3S. The van der Waals surface area contributed by atoms with E-state index in [1.165, 1.54) is 36.0 Å². The van der Waals surface area contributed by atoms with Gasteiger partial charge >= 0.3 is 0 Å². The number of anilines is 1. The minimum absolute atomic E-state index is 0.0328. The van der Waals surface area contributed by atoms with Crippen LogP contribution in [-0.2, 0) is 23.5 Å². The molecule has 0 radical (unpaired) electrons. The van der Waals surface area contributed by atoms with Gasteiger partial charge in [0.05, 0.1) is 39.4 Å². The largest absolute Gasteiger partial charge is 0.321 e. The molecule has 0 aliphatic carbocycles. The first-order chi connectivity index (χ1) is 18.7. The smallest absolute Gasteiger partial charge is 0.269 e. The van der Waals surface area contributed by atoms with Gasteiger partial charge in [-0.05, 0) is 60.9 Å². The van der Waals surface area contributed by atoms with E-state index < -0.39 is 39.1 Å². The average Bonchev–Trinajstić information content (AvgIpc) is 3.13. The summed E-state index contributed by atoms with van der Waals surface area (Å²) in [6.07, 6.45) is 0.823. The van der Waals surface area contributed by atoms with Crippen molar-refractivity contribution in [3.63, 3.8) is 0 Å². The van der Waals surface area contributed by atoms with Gasteiger partial charge in [0, 0.05) is 13.1 Å². The molecule has 2 aromatic heterocycles. The molecule has 3 N–H and O–H groups in total. The number of aromatic nitrogens is 4. The number of fused-ring (bicyclic) bond motifs is 2. The molecule has 0 saturated carbocycles. The highest BCUT2D eigenvalue weighted by molar-refractivity contribution is 7.92. The lowest BCUT2D eigenvalue weighted by Gasteiger charge is -2.20. The maximum absolute atomic E-state index is 15.1. The highest BCUT2D eigenvalue weighted by Crippen LogP contribution is 2.35. The summed E-state index contributed by atoms with van der Waals surface area (Å²) in [6, 6.07) is 7.47. The third kappa shape index (κ3) is 5.03. The Morgan fingerprint density at radius 1 is 1.07 bits per heavy atom. The first kappa shape index (κ1) is 27.6. The van der Waals surface area contributed by atoms with Crippen LogP contribution in [0.4, 0.5) is 19.0 Å². The lowest BCUT2D eigenvalue weighted by atomic mass is 10.0. The van der Waals surface area contributed by atoms with E-state index in [1.807, 2.05) is 0 Å². The third-order valence-corrected chi connectivity index (χ3v) is 7.12. The Hall–Kier alpha value is -3.94. The van der Waals surface area contributed by atoms with Crippen LogP contribution in [0.25, 0.3) is 27.5 Å². The molecule has 0 bridgehead atoms. The van der Waals surface area contributed by atoms with Crippen molar-refractivity contribution in [1.29, 1.82) is 0 Å². The number of nitrogens with two attached hydrogens (primary N) is 1. The zero-order chi connectivity index (χ0) is 29.1. The van der Waals surface area contributed by atoms with Crippen molar-refractivity contribution in [1.82, 2.24) is 19.3 Å². The van der Waals surface area contributed by atoms with Crippen molar-refractivity contribution in [2.24, 2.45) is 12.8 Å². The monoisotopic (exact) mass is 590 g/mol. The molecule has 5 aromatic rings. The molecule has 0 unspecified atom stereocenters. The van der Waals surface area contributed by atoms with Crippen LogP contribution in [0.5, 0.6) is 0 Å². The van der Waals surface area contributed by atoms with Gasteiger partial charge in [-0.3, -0.25) is 18.8 Å². The van der Waals surface area contributed by atoms with E-state index in [-0.39, 0.29) is 56.1 Å². The van der Waals surface area contributed by atoms with Crippen molar-refractivity contribution in [3.8, 4) is 5.69 Å². The van der Waals surface area contributed by atoms with Crippen LogP contribution >= 0.6 is 11.6 Å². The number of hydrogen-bond donors (Lipinski definition) is 2. The number of sulfonamides is 1. The Labute approximate surface area is 231 Å². The maximum Gasteiger partial charge on any atom is 0.269 e. The van der Waals surface area contributed by atoms with Crippen molar-refractivity contribution in [2.45, 2.75) is 19.4 Å². The Morgan fingerprint density at radius 2 is 1.75 bits per heavy atom. The van der Waals surface area contributed by atoms with E-state index in [0.717, 1.165) is 29.0 Å². The summed E-state index contributed by atoms with van der Waals surface area (Å²) in [5.74, 6) is -2.53. The van der Waals surface area contributed by atoms with E-state index in [9.17, 15) is 22.0 Å².